The molecule has 2 aliphatic rings. The molecule has 1 aliphatic carbocycles. The van der Waals surface area contributed by atoms with Gasteiger partial charge in [0.1, 0.15) is 11.8 Å². The van der Waals surface area contributed by atoms with E-state index in [0.717, 1.165) is 6.07 Å². The first kappa shape index (κ1) is 24.1. The zero-order valence-corrected chi connectivity index (χ0v) is 19.8. The summed E-state index contributed by atoms with van der Waals surface area (Å²) in [4.78, 5) is 25.2. The molecule has 2 heterocycles. The highest BCUT2D eigenvalue weighted by Crippen LogP contribution is 2.66. The number of rotatable bonds is 8. The Labute approximate surface area is 200 Å². The minimum atomic E-state index is -1.11. The van der Waals surface area contributed by atoms with Crippen molar-refractivity contribution in [1.29, 1.82) is 0 Å². The third-order valence-corrected chi connectivity index (χ3v) is 7.35. The lowest BCUT2D eigenvalue weighted by atomic mass is 9.85. The number of ether oxygens (including phenoxy) is 2. The summed E-state index contributed by atoms with van der Waals surface area (Å²) in [6.07, 6.45) is 4.53. The maximum Gasteiger partial charge on any atom is 0.275 e. The van der Waals surface area contributed by atoms with E-state index in [-0.39, 0.29) is 44.8 Å². The van der Waals surface area contributed by atoms with Crippen LogP contribution in [0.3, 0.4) is 0 Å². The molecule has 0 bridgehead atoms. The van der Waals surface area contributed by atoms with Crippen molar-refractivity contribution in [3.05, 3.63) is 60.1 Å². The molecule has 1 saturated carbocycles. The Balaban J connectivity index is 1.60. The van der Waals surface area contributed by atoms with E-state index in [4.69, 9.17) is 15.2 Å². The Morgan fingerprint density at radius 3 is 2.82 bits per heavy atom. The van der Waals surface area contributed by atoms with Crippen LogP contribution in [0.1, 0.15) is 36.3 Å². The zero-order chi connectivity index (χ0) is 24.7. The van der Waals surface area contributed by atoms with Crippen molar-refractivity contribution in [2.45, 2.75) is 36.7 Å². The number of amides is 1. The number of amidine groups is 1. The molecule has 1 aromatic carbocycles. The SMILES string of the molecule is C=C[C@H](C)Oc1cnc(C(=O)Nc2cc(F)c(F)c([C@]3(C)N=C(N)S[C@@]4(COC)C[C@H]43)c2)cn1. The number of nitrogens with two attached hydrogens (primary N) is 1. The Morgan fingerprint density at radius 1 is 1.41 bits per heavy atom. The van der Waals surface area contributed by atoms with Crippen molar-refractivity contribution in [2.75, 3.05) is 19.0 Å². The molecule has 3 N–H and O–H groups in total. The van der Waals surface area contributed by atoms with Crippen molar-refractivity contribution in [1.82, 2.24) is 9.97 Å². The molecule has 180 valence electrons. The highest BCUT2D eigenvalue weighted by molar-refractivity contribution is 8.15. The van der Waals surface area contributed by atoms with Gasteiger partial charge < -0.3 is 20.5 Å². The fraction of sp³-hybridized carbons (Fsp3) is 0.391. The molecule has 4 rings (SSSR count). The first-order valence-corrected chi connectivity index (χ1v) is 11.4. The molecule has 1 aromatic heterocycles. The summed E-state index contributed by atoms with van der Waals surface area (Å²) < 4.78 is 40.1. The second-order valence-electron chi connectivity index (χ2n) is 8.53. The third-order valence-electron chi connectivity index (χ3n) is 6.07. The van der Waals surface area contributed by atoms with Gasteiger partial charge in [-0.3, -0.25) is 9.79 Å². The highest BCUT2D eigenvalue weighted by Gasteiger charge is 2.66. The number of anilines is 1. The average molecular weight is 490 g/mol. The molecule has 0 saturated heterocycles. The molecule has 4 atom stereocenters. The van der Waals surface area contributed by atoms with Gasteiger partial charge in [-0.2, -0.15) is 0 Å². The van der Waals surface area contributed by atoms with E-state index in [9.17, 15) is 9.18 Å². The molecule has 1 aliphatic heterocycles. The summed E-state index contributed by atoms with van der Waals surface area (Å²) in [5.74, 6) is -2.65. The van der Waals surface area contributed by atoms with Crippen LogP contribution < -0.4 is 15.8 Å². The number of methoxy groups -OCH3 is 1. The second kappa shape index (κ2) is 8.95. The molecule has 1 amide bonds. The van der Waals surface area contributed by atoms with Gasteiger partial charge in [-0.25, -0.2) is 18.7 Å². The number of carbonyl (C=O) groups excluding carboxylic acids is 1. The van der Waals surface area contributed by atoms with Crippen molar-refractivity contribution in [3.8, 4) is 5.88 Å². The van der Waals surface area contributed by atoms with Crippen LogP contribution in [-0.2, 0) is 10.3 Å². The largest absolute Gasteiger partial charge is 0.469 e. The number of benzene rings is 1. The van der Waals surface area contributed by atoms with E-state index in [1.165, 1.54) is 30.2 Å². The molecule has 8 nitrogen and oxygen atoms in total. The van der Waals surface area contributed by atoms with Crippen LogP contribution in [0, 0.1) is 17.6 Å². The van der Waals surface area contributed by atoms with E-state index in [1.807, 2.05) is 0 Å². The molecule has 0 spiro atoms. The maximum absolute atomic E-state index is 15.0. The van der Waals surface area contributed by atoms with E-state index in [1.54, 1.807) is 27.0 Å². The summed E-state index contributed by atoms with van der Waals surface area (Å²) in [6, 6.07) is 2.30. The number of nitrogens with one attached hydrogen (secondary N) is 1. The Bertz CT molecular complexity index is 1160. The van der Waals surface area contributed by atoms with Crippen LogP contribution in [-0.4, -0.2) is 45.6 Å². The summed E-state index contributed by atoms with van der Waals surface area (Å²) in [5.41, 5.74) is 5.00. The summed E-state index contributed by atoms with van der Waals surface area (Å²) >= 11 is 1.40. The lowest BCUT2D eigenvalue weighted by Gasteiger charge is -2.34. The summed E-state index contributed by atoms with van der Waals surface area (Å²) in [5, 5.41) is 2.84. The number of aliphatic imine (C=N–C) groups is 1. The Hall–Kier alpha value is -3.05. The number of carbonyl (C=O) groups is 1. The zero-order valence-electron chi connectivity index (χ0n) is 19.0. The van der Waals surface area contributed by atoms with Crippen molar-refractivity contribution in [2.24, 2.45) is 16.6 Å². The van der Waals surface area contributed by atoms with Gasteiger partial charge >= 0.3 is 0 Å². The first-order valence-electron chi connectivity index (χ1n) is 10.6. The van der Waals surface area contributed by atoms with Gasteiger partial charge in [0.05, 0.1) is 29.3 Å². The predicted molar refractivity (Wildman–Crippen MR) is 126 cm³/mol. The normalized spacial score (nSPS) is 26.1. The fourth-order valence-corrected chi connectivity index (χ4v) is 5.74. The van der Waals surface area contributed by atoms with Crippen LogP contribution in [0.15, 0.2) is 42.2 Å². The molecule has 0 unspecified atom stereocenters. The van der Waals surface area contributed by atoms with Gasteiger partial charge in [-0.05, 0) is 26.3 Å². The monoisotopic (exact) mass is 489 g/mol. The maximum atomic E-state index is 15.0. The van der Waals surface area contributed by atoms with E-state index < -0.39 is 23.1 Å². The molecule has 11 heteroatoms. The molecule has 34 heavy (non-hydrogen) atoms. The van der Waals surface area contributed by atoms with E-state index in [0.29, 0.717) is 13.0 Å². The van der Waals surface area contributed by atoms with Gasteiger partial charge in [0.2, 0.25) is 5.88 Å². The van der Waals surface area contributed by atoms with Crippen LogP contribution >= 0.6 is 11.8 Å². The quantitative estimate of drug-likeness (QED) is 0.545. The van der Waals surface area contributed by atoms with Crippen LogP contribution in [0.5, 0.6) is 5.88 Å². The fourth-order valence-electron chi connectivity index (χ4n) is 4.29. The highest BCUT2D eigenvalue weighted by atomic mass is 32.2. The van der Waals surface area contributed by atoms with Crippen molar-refractivity contribution >= 4 is 28.5 Å². The minimum absolute atomic E-state index is 0.0160. The number of hydrogen-bond acceptors (Lipinski definition) is 8. The van der Waals surface area contributed by atoms with Gasteiger partial charge in [0, 0.05) is 30.3 Å². The van der Waals surface area contributed by atoms with E-state index in [2.05, 4.69) is 26.9 Å². The topological polar surface area (TPSA) is 112 Å². The van der Waals surface area contributed by atoms with Crippen molar-refractivity contribution in [3.63, 3.8) is 0 Å². The number of halogens is 2. The lowest BCUT2D eigenvalue weighted by molar-refractivity contribution is 0.102. The van der Waals surface area contributed by atoms with Crippen LogP contribution in [0.4, 0.5) is 14.5 Å². The average Bonchev–Trinajstić information content (AvgIpc) is 3.51. The lowest BCUT2D eigenvalue weighted by Crippen LogP contribution is -2.38. The standard InChI is InChI=1S/C23H25F2N5O3S/c1-5-12(2)33-18-10-27-16(9-28-18)20(31)29-13-6-14(19(25)15(24)7-13)22(3)17-8-23(17,11-32-4)34-21(26)30-22/h5-7,9-10,12,17H,1,8,11H2,2-4H3,(H2,26,30)(H,29,31)/t12-,17-,22-,23+/m0/s1. The van der Waals surface area contributed by atoms with Gasteiger partial charge in [-0.15, -0.1) is 0 Å². The number of aromatic nitrogens is 2. The van der Waals surface area contributed by atoms with Crippen LogP contribution in [0.2, 0.25) is 0 Å². The van der Waals surface area contributed by atoms with Gasteiger partial charge in [0.15, 0.2) is 16.8 Å². The van der Waals surface area contributed by atoms with Crippen LogP contribution in [0.25, 0.3) is 0 Å². The van der Waals surface area contributed by atoms with Gasteiger partial charge in [0.25, 0.3) is 5.91 Å². The number of thioether (sulfide) groups is 1. The molecule has 2 aromatic rings. The Kier molecular flexibility index (Phi) is 6.34. The molecule has 1 fully saturated rings. The minimum Gasteiger partial charge on any atom is -0.469 e. The summed E-state index contributed by atoms with van der Waals surface area (Å²) in [6.45, 7) is 7.53. The summed E-state index contributed by atoms with van der Waals surface area (Å²) in [7, 11) is 1.59. The number of hydrogen-bond donors (Lipinski definition) is 2. The third kappa shape index (κ3) is 4.37. The van der Waals surface area contributed by atoms with Gasteiger partial charge in [-0.1, -0.05) is 24.4 Å². The molecular weight excluding hydrogens is 464 g/mol. The number of fused-ring (bicyclic) bond motifs is 1. The molecule has 0 radical (unpaired) electrons. The van der Waals surface area contributed by atoms with Crippen molar-refractivity contribution < 1.29 is 23.0 Å². The first-order chi connectivity index (χ1) is 16.1. The number of nitrogens with zero attached hydrogens (tertiary/aromatic N) is 3. The van der Waals surface area contributed by atoms with E-state index >= 15 is 4.39 Å². The second-order valence-corrected chi connectivity index (χ2v) is 9.96. The molecular formula is C23H25F2N5O3S. The Morgan fingerprint density at radius 2 is 2.18 bits per heavy atom. The predicted octanol–water partition coefficient (Wildman–Crippen LogP) is 3.64. The smallest absolute Gasteiger partial charge is 0.275 e.